The zero-order valence-corrected chi connectivity index (χ0v) is 15.4. The minimum Gasteiger partial charge on any atom is -0.352 e. The number of urea groups is 2. The predicted octanol–water partition coefficient (Wildman–Crippen LogP) is 1.72. The number of primary amides is 1. The first-order valence-electron chi connectivity index (χ1n) is 9.50. The van der Waals surface area contributed by atoms with Crippen LogP contribution in [0, 0.1) is 5.92 Å². The number of hydrogen-bond donors (Lipinski definition) is 3. The van der Waals surface area contributed by atoms with Gasteiger partial charge in [-0.25, -0.2) is 9.59 Å². The number of carbonyl (C=O) groups is 3. The maximum absolute atomic E-state index is 12.4. The molecule has 0 aliphatic carbocycles. The van der Waals surface area contributed by atoms with Crippen molar-refractivity contribution in [1.29, 1.82) is 0 Å². The van der Waals surface area contributed by atoms with Gasteiger partial charge in [-0.15, -0.1) is 0 Å². The molecule has 8 heteroatoms. The Morgan fingerprint density at radius 1 is 0.963 bits per heavy atom. The second-order valence-electron chi connectivity index (χ2n) is 7.14. The fourth-order valence-corrected chi connectivity index (χ4v) is 3.62. The largest absolute Gasteiger partial charge is 0.352 e. The first-order valence-corrected chi connectivity index (χ1v) is 9.50. The van der Waals surface area contributed by atoms with Gasteiger partial charge in [0, 0.05) is 44.3 Å². The standard InChI is InChI=1S/C19H27N5O3/c20-18(26)22-16-5-3-14(4-6-16)13-21-17(25)15-7-11-24(12-8-15)19(27)23-9-1-2-10-23/h3-6,15H,1-2,7-13H2,(H,21,25)(H3,20,22,26). The summed E-state index contributed by atoms with van der Waals surface area (Å²) in [5.74, 6) is -0.0222. The fraction of sp³-hybridized carbons (Fsp3) is 0.526. The molecule has 2 aliphatic rings. The average Bonchev–Trinajstić information content (AvgIpc) is 3.21. The molecule has 2 fully saturated rings. The van der Waals surface area contributed by atoms with Gasteiger partial charge in [-0.2, -0.15) is 0 Å². The summed E-state index contributed by atoms with van der Waals surface area (Å²) in [4.78, 5) is 39.4. The first-order chi connectivity index (χ1) is 13.0. The molecular weight excluding hydrogens is 346 g/mol. The maximum atomic E-state index is 12.4. The first kappa shape index (κ1) is 19.0. The van der Waals surface area contributed by atoms with Crippen LogP contribution in [-0.4, -0.2) is 53.9 Å². The van der Waals surface area contributed by atoms with E-state index in [0.717, 1.165) is 31.5 Å². The van der Waals surface area contributed by atoms with Crippen LogP contribution in [0.4, 0.5) is 15.3 Å². The van der Waals surface area contributed by atoms with Crippen molar-refractivity contribution in [3.8, 4) is 0 Å². The predicted molar refractivity (Wildman–Crippen MR) is 102 cm³/mol. The van der Waals surface area contributed by atoms with Crippen LogP contribution in [0.1, 0.15) is 31.2 Å². The lowest BCUT2D eigenvalue weighted by molar-refractivity contribution is -0.126. The highest BCUT2D eigenvalue weighted by Crippen LogP contribution is 2.20. The Morgan fingerprint density at radius 2 is 1.56 bits per heavy atom. The van der Waals surface area contributed by atoms with E-state index in [-0.39, 0.29) is 17.9 Å². The normalized spacial score (nSPS) is 17.6. The Hall–Kier alpha value is -2.77. The topological polar surface area (TPSA) is 108 Å². The van der Waals surface area contributed by atoms with Crippen LogP contribution in [0.25, 0.3) is 0 Å². The third-order valence-electron chi connectivity index (χ3n) is 5.20. The number of piperidine rings is 1. The maximum Gasteiger partial charge on any atom is 0.319 e. The van der Waals surface area contributed by atoms with Crippen molar-refractivity contribution in [3.63, 3.8) is 0 Å². The average molecular weight is 373 g/mol. The quantitative estimate of drug-likeness (QED) is 0.748. The van der Waals surface area contributed by atoms with Crippen LogP contribution in [0.15, 0.2) is 24.3 Å². The summed E-state index contributed by atoms with van der Waals surface area (Å²) < 4.78 is 0. The fourth-order valence-electron chi connectivity index (χ4n) is 3.62. The third kappa shape index (κ3) is 5.12. The molecule has 0 unspecified atom stereocenters. The van der Waals surface area contributed by atoms with Gasteiger partial charge in [0.15, 0.2) is 0 Å². The smallest absolute Gasteiger partial charge is 0.319 e. The van der Waals surface area contributed by atoms with E-state index in [0.29, 0.717) is 38.2 Å². The number of nitrogens with one attached hydrogen (secondary N) is 2. The molecule has 27 heavy (non-hydrogen) atoms. The number of amides is 5. The molecule has 2 aliphatic heterocycles. The summed E-state index contributed by atoms with van der Waals surface area (Å²) in [6, 6.07) is 6.68. The highest BCUT2D eigenvalue weighted by atomic mass is 16.2. The summed E-state index contributed by atoms with van der Waals surface area (Å²) >= 11 is 0. The van der Waals surface area contributed by atoms with Gasteiger partial charge in [0.2, 0.25) is 5.91 Å². The molecule has 0 spiro atoms. The van der Waals surface area contributed by atoms with E-state index in [9.17, 15) is 14.4 Å². The monoisotopic (exact) mass is 373 g/mol. The number of nitrogens with zero attached hydrogens (tertiary/aromatic N) is 2. The summed E-state index contributed by atoms with van der Waals surface area (Å²) in [5, 5.41) is 5.46. The molecule has 0 bridgehead atoms. The molecule has 0 radical (unpaired) electrons. The lowest BCUT2D eigenvalue weighted by Gasteiger charge is -2.34. The molecule has 2 heterocycles. The van der Waals surface area contributed by atoms with Gasteiger partial charge >= 0.3 is 12.1 Å². The molecule has 5 amide bonds. The summed E-state index contributed by atoms with van der Waals surface area (Å²) in [6.45, 7) is 3.42. The van der Waals surface area contributed by atoms with E-state index in [2.05, 4.69) is 10.6 Å². The second kappa shape index (κ2) is 8.75. The van der Waals surface area contributed by atoms with Crippen molar-refractivity contribution in [2.24, 2.45) is 11.7 Å². The SMILES string of the molecule is NC(=O)Nc1ccc(CNC(=O)C2CCN(C(=O)N3CCCC3)CC2)cc1. The van der Waals surface area contributed by atoms with Crippen molar-refractivity contribution in [2.75, 3.05) is 31.5 Å². The molecule has 0 saturated carbocycles. The van der Waals surface area contributed by atoms with E-state index in [1.54, 1.807) is 12.1 Å². The zero-order chi connectivity index (χ0) is 19.2. The van der Waals surface area contributed by atoms with Crippen LogP contribution >= 0.6 is 0 Å². The highest BCUT2D eigenvalue weighted by molar-refractivity contribution is 5.87. The number of benzene rings is 1. The van der Waals surface area contributed by atoms with Gasteiger partial charge in [-0.05, 0) is 43.4 Å². The van der Waals surface area contributed by atoms with Gasteiger partial charge in [-0.1, -0.05) is 12.1 Å². The van der Waals surface area contributed by atoms with E-state index in [1.807, 2.05) is 21.9 Å². The van der Waals surface area contributed by atoms with Crippen LogP contribution in [0.2, 0.25) is 0 Å². The molecule has 1 aromatic carbocycles. The minimum atomic E-state index is -0.606. The molecule has 4 N–H and O–H groups in total. The number of carbonyl (C=O) groups excluding carboxylic acids is 3. The Balaban J connectivity index is 1.41. The van der Waals surface area contributed by atoms with Gasteiger partial charge in [0.25, 0.3) is 0 Å². The van der Waals surface area contributed by atoms with Crippen molar-refractivity contribution in [3.05, 3.63) is 29.8 Å². The number of anilines is 1. The van der Waals surface area contributed by atoms with Crippen LogP contribution in [-0.2, 0) is 11.3 Å². The molecule has 146 valence electrons. The van der Waals surface area contributed by atoms with Crippen molar-refractivity contribution in [2.45, 2.75) is 32.2 Å². The Morgan fingerprint density at radius 3 is 2.15 bits per heavy atom. The number of nitrogens with two attached hydrogens (primary N) is 1. The van der Waals surface area contributed by atoms with E-state index in [1.165, 1.54) is 0 Å². The summed E-state index contributed by atoms with van der Waals surface area (Å²) in [6.07, 6.45) is 3.58. The molecular formula is C19H27N5O3. The molecule has 1 aromatic rings. The Bertz CT molecular complexity index is 677. The number of hydrogen-bond acceptors (Lipinski definition) is 3. The van der Waals surface area contributed by atoms with E-state index >= 15 is 0 Å². The number of rotatable bonds is 4. The number of likely N-dealkylation sites (tertiary alicyclic amines) is 2. The molecule has 8 nitrogen and oxygen atoms in total. The Labute approximate surface area is 159 Å². The molecule has 0 aromatic heterocycles. The van der Waals surface area contributed by atoms with Crippen molar-refractivity contribution >= 4 is 23.7 Å². The zero-order valence-electron chi connectivity index (χ0n) is 15.4. The van der Waals surface area contributed by atoms with Gasteiger partial charge < -0.3 is 26.2 Å². The van der Waals surface area contributed by atoms with Crippen LogP contribution < -0.4 is 16.4 Å². The van der Waals surface area contributed by atoms with Crippen LogP contribution in [0.3, 0.4) is 0 Å². The van der Waals surface area contributed by atoms with E-state index < -0.39 is 6.03 Å². The van der Waals surface area contributed by atoms with Gasteiger partial charge in [-0.3, -0.25) is 4.79 Å². The molecule has 0 atom stereocenters. The second-order valence-corrected chi connectivity index (χ2v) is 7.14. The van der Waals surface area contributed by atoms with Crippen LogP contribution in [0.5, 0.6) is 0 Å². The summed E-state index contributed by atoms with van der Waals surface area (Å²) in [5.41, 5.74) is 6.64. The molecule has 2 saturated heterocycles. The lowest BCUT2D eigenvalue weighted by Crippen LogP contribution is -2.47. The minimum absolute atomic E-state index is 0.0302. The lowest BCUT2D eigenvalue weighted by atomic mass is 9.96. The highest BCUT2D eigenvalue weighted by Gasteiger charge is 2.30. The van der Waals surface area contributed by atoms with Gasteiger partial charge in [0.1, 0.15) is 0 Å². The third-order valence-corrected chi connectivity index (χ3v) is 5.20. The van der Waals surface area contributed by atoms with Gasteiger partial charge in [0.05, 0.1) is 0 Å². The Kier molecular flexibility index (Phi) is 6.16. The van der Waals surface area contributed by atoms with E-state index in [4.69, 9.17) is 5.73 Å². The van der Waals surface area contributed by atoms with Crippen molar-refractivity contribution < 1.29 is 14.4 Å². The molecule has 3 rings (SSSR count). The summed E-state index contributed by atoms with van der Waals surface area (Å²) in [7, 11) is 0. The van der Waals surface area contributed by atoms with Crippen molar-refractivity contribution in [1.82, 2.24) is 15.1 Å².